The molecule has 0 bridgehead atoms. The molecule has 3 heterocycles. The number of nitrogens with one attached hydrogen (secondary N) is 1. The van der Waals surface area contributed by atoms with Gasteiger partial charge in [0.1, 0.15) is 12.2 Å². The molecule has 0 radical (unpaired) electrons. The number of rotatable bonds is 6. The number of aromatic nitrogens is 1. The number of hydrazine groups is 1. The van der Waals surface area contributed by atoms with Gasteiger partial charge in [0.25, 0.3) is 0 Å². The SMILES string of the molecule is Cc1ccc(C[C@H]2C(=O)N(Cc3ccncc3)CC3N2C(=O)CN(C)N3C(=O)N[C@H](C)c2ccccc2)cc1. The minimum Gasteiger partial charge on any atom is -0.333 e. The van der Waals surface area contributed by atoms with Gasteiger partial charge < -0.3 is 15.1 Å². The summed E-state index contributed by atoms with van der Waals surface area (Å²) in [6.07, 6.45) is 3.12. The van der Waals surface area contributed by atoms with E-state index < -0.39 is 12.2 Å². The van der Waals surface area contributed by atoms with Crippen molar-refractivity contribution in [3.63, 3.8) is 0 Å². The van der Waals surface area contributed by atoms with Crippen molar-refractivity contribution in [3.8, 4) is 0 Å². The van der Waals surface area contributed by atoms with E-state index in [0.717, 1.165) is 22.3 Å². The molecule has 9 heteroatoms. The minimum atomic E-state index is -0.726. The summed E-state index contributed by atoms with van der Waals surface area (Å²) in [4.78, 5) is 48.6. The smallest absolute Gasteiger partial charge is 0.333 e. The molecule has 2 saturated heterocycles. The fourth-order valence-corrected chi connectivity index (χ4v) is 5.38. The number of pyridine rings is 1. The van der Waals surface area contributed by atoms with Crippen LogP contribution >= 0.6 is 0 Å². The molecule has 5 rings (SSSR count). The van der Waals surface area contributed by atoms with Crippen LogP contribution in [0.5, 0.6) is 0 Å². The van der Waals surface area contributed by atoms with E-state index >= 15 is 0 Å². The van der Waals surface area contributed by atoms with Crippen LogP contribution in [-0.2, 0) is 22.6 Å². The van der Waals surface area contributed by atoms with Crippen LogP contribution in [0.4, 0.5) is 4.79 Å². The fraction of sp³-hybridized carbons (Fsp3) is 0.333. The van der Waals surface area contributed by atoms with Crippen LogP contribution in [0.2, 0.25) is 0 Å². The zero-order valence-electron chi connectivity index (χ0n) is 22.5. The van der Waals surface area contributed by atoms with Gasteiger partial charge in [0.15, 0.2) is 0 Å². The summed E-state index contributed by atoms with van der Waals surface area (Å²) < 4.78 is 0. The zero-order valence-corrected chi connectivity index (χ0v) is 22.5. The molecule has 1 unspecified atom stereocenters. The Labute approximate surface area is 229 Å². The molecule has 2 aliphatic heterocycles. The Bertz CT molecular complexity index is 1320. The van der Waals surface area contributed by atoms with Crippen LogP contribution < -0.4 is 5.32 Å². The lowest BCUT2D eigenvalue weighted by Crippen LogP contribution is -2.76. The molecule has 0 aliphatic carbocycles. The molecule has 2 aliphatic rings. The van der Waals surface area contributed by atoms with E-state index in [1.807, 2.05) is 80.6 Å². The first-order valence-electron chi connectivity index (χ1n) is 13.2. The zero-order chi connectivity index (χ0) is 27.5. The van der Waals surface area contributed by atoms with Crippen molar-refractivity contribution in [2.75, 3.05) is 20.1 Å². The van der Waals surface area contributed by atoms with Crippen LogP contribution in [-0.4, -0.2) is 75.0 Å². The lowest BCUT2D eigenvalue weighted by Gasteiger charge is -2.54. The normalized spacial score (nSPS) is 20.5. The largest absolute Gasteiger partial charge is 0.334 e. The van der Waals surface area contributed by atoms with Crippen LogP contribution in [0.15, 0.2) is 79.1 Å². The Morgan fingerprint density at radius 1 is 1.00 bits per heavy atom. The molecule has 0 saturated carbocycles. The maximum Gasteiger partial charge on any atom is 0.334 e. The second kappa shape index (κ2) is 11.2. The molecule has 9 nitrogen and oxygen atoms in total. The number of fused-ring (bicyclic) bond motifs is 1. The molecule has 0 spiro atoms. The Hall–Kier alpha value is -4.24. The summed E-state index contributed by atoms with van der Waals surface area (Å²) >= 11 is 0. The number of carbonyl (C=O) groups excluding carboxylic acids is 3. The number of hydrogen-bond acceptors (Lipinski definition) is 5. The average molecular weight is 527 g/mol. The Kier molecular flexibility index (Phi) is 7.60. The van der Waals surface area contributed by atoms with Crippen molar-refractivity contribution in [2.24, 2.45) is 0 Å². The van der Waals surface area contributed by atoms with Gasteiger partial charge in [-0.25, -0.2) is 14.8 Å². The van der Waals surface area contributed by atoms with Crippen LogP contribution in [0.1, 0.15) is 35.2 Å². The van der Waals surface area contributed by atoms with Crippen molar-refractivity contribution in [2.45, 2.75) is 45.1 Å². The van der Waals surface area contributed by atoms with E-state index in [9.17, 15) is 14.4 Å². The number of aryl methyl sites for hydroxylation is 1. The maximum atomic E-state index is 13.9. The van der Waals surface area contributed by atoms with E-state index in [-0.39, 0.29) is 37.0 Å². The fourth-order valence-electron chi connectivity index (χ4n) is 5.38. The average Bonchev–Trinajstić information content (AvgIpc) is 2.93. The number of nitrogens with zero attached hydrogens (tertiary/aromatic N) is 5. The van der Waals surface area contributed by atoms with Gasteiger partial charge in [-0.2, -0.15) is 0 Å². The van der Waals surface area contributed by atoms with Gasteiger partial charge in [0.2, 0.25) is 11.8 Å². The first kappa shape index (κ1) is 26.4. The van der Waals surface area contributed by atoms with Gasteiger partial charge in [0, 0.05) is 32.4 Å². The van der Waals surface area contributed by atoms with Crippen LogP contribution in [0.3, 0.4) is 0 Å². The van der Waals surface area contributed by atoms with Gasteiger partial charge in [-0.1, -0.05) is 60.2 Å². The standard InChI is InChI=1S/C30H34N6O3/c1-21-9-11-23(12-10-21)17-26-29(38)34(18-24-13-15-31-16-14-24)19-27-35(26)28(37)20-33(3)36(27)30(39)32-22(2)25-7-5-4-6-8-25/h4-16,22,26-27H,17-20H2,1-3H3,(H,32,39)/t22-,26+,27?/m1/s1. The van der Waals surface area contributed by atoms with Gasteiger partial charge in [0.05, 0.1) is 19.1 Å². The molecule has 4 amide bonds. The second-order valence-corrected chi connectivity index (χ2v) is 10.3. The number of urea groups is 1. The topological polar surface area (TPSA) is 89.1 Å². The summed E-state index contributed by atoms with van der Waals surface area (Å²) in [6, 6.07) is 20.2. The van der Waals surface area contributed by atoms with E-state index in [0.29, 0.717) is 13.0 Å². The van der Waals surface area contributed by atoms with Gasteiger partial charge in [-0.15, -0.1) is 0 Å². The number of amides is 4. The molecule has 1 aromatic heterocycles. The third-order valence-electron chi connectivity index (χ3n) is 7.46. The van der Waals surface area contributed by atoms with Crippen molar-refractivity contribution < 1.29 is 14.4 Å². The lowest BCUT2D eigenvalue weighted by atomic mass is 9.98. The molecule has 1 N–H and O–H groups in total. The van der Waals surface area contributed by atoms with Crippen molar-refractivity contribution >= 4 is 17.8 Å². The monoisotopic (exact) mass is 526 g/mol. The van der Waals surface area contributed by atoms with Crippen LogP contribution in [0, 0.1) is 6.92 Å². The maximum absolute atomic E-state index is 13.9. The van der Waals surface area contributed by atoms with Gasteiger partial charge in [-0.3, -0.25) is 14.6 Å². The number of likely N-dealkylation sites (N-methyl/N-ethyl adjacent to an activating group) is 1. The summed E-state index contributed by atoms with van der Waals surface area (Å²) in [5.74, 6) is -0.295. The number of benzene rings is 2. The predicted octanol–water partition coefficient (Wildman–Crippen LogP) is 3.13. The predicted molar refractivity (Wildman–Crippen MR) is 147 cm³/mol. The van der Waals surface area contributed by atoms with Gasteiger partial charge >= 0.3 is 6.03 Å². The molecule has 3 atom stereocenters. The highest BCUT2D eigenvalue weighted by atomic mass is 16.2. The highest BCUT2D eigenvalue weighted by molar-refractivity contribution is 5.91. The first-order chi connectivity index (χ1) is 18.8. The molecule has 39 heavy (non-hydrogen) atoms. The number of piperazine rings is 1. The first-order valence-corrected chi connectivity index (χ1v) is 13.2. The van der Waals surface area contributed by atoms with Crippen molar-refractivity contribution in [3.05, 3.63) is 101 Å². The Morgan fingerprint density at radius 2 is 1.69 bits per heavy atom. The highest BCUT2D eigenvalue weighted by Gasteiger charge is 2.50. The van der Waals surface area contributed by atoms with E-state index in [2.05, 4.69) is 10.3 Å². The number of hydrogen-bond donors (Lipinski definition) is 1. The molecule has 3 aromatic rings. The lowest BCUT2D eigenvalue weighted by molar-refractivity contribution is -0.187. The third kappa shape index (κ3) is 5.63. The Balaban J connectivity index is 1.47. The molecular weight excluding hydrogens is 492 g/mol. The summed E-state index contributed by atoms with van der Waals surface area (Å²) in [6.45, 7) is 4.52. The summed E-state index contributed by atoms with van der Waals surface area (Å²) in [7, 11) is 1.74. The summed E-state index contributed by atoms with van der Waals surface area (Å²) in [5, 5.41) is 6.33. The van der Waals surface area contributed by atoms with E-state index in [1.54, 1.807) is 39.3 Å². The Morgan fingerprint density at radius 3 is 2.38 bits per heavy atom. The van der Waals surface area contributed by atoms with Gasteiger partial charge in [-0.05, 0) is 42.7 Å². The molecule has 2 aromatic carbocycles. The molecular formula is C30H34N6O3. The summed E-state index contributed by atoms with van der Waals surface area (Å²) in [5.41, 5.74) is 4.00. The molecule has 2 fully saturated rings. The quantitative estimate of drug-likeness (QED) is 0.533. The van der Waals surface area contributed by atoms with E-state index in [4.69, 9.17) is 0 Å². The second-order valence-electron chi connectivity index (χ2n) is 10.3. The number of carbonyl (C=O) groups is 3. The highest BCUT2D eigenvalue weighted by Crippen LogP contribution is 2.29. The minimum absolute atomic E-state index is 0.00563. The van der Waals surface area contributed by atoms with Crippen LogP contribution in [0.25, 0.3) is 0 Å². The molecule has 202 valence electrons. The van der Waals surface area contributed by atoms with Crippen molar-refractivity contribution in [1.29, 1.82) is 0 Å². The third-order valence-corrected chi connectivity index (χ3v) is 7.46. The van der Waals surface area contributed by atoms with Crippen molar-refractivity contribution in [1.82, 2.24) is 30.1 Å². The van der Waals surface area contributed by atoms with E-state index in [1.165, 1.54) is 0 Å².